The van der Waals surface area contributed by atoms with E-state index in [2.05, 4.69) is 52.7 Å². The minimum Gasteiger partial charge on any atom is -0.306 e. The fraction of sp³-hybridized carbons (Fsp3) is 0.353. The van der Waals surface area contributed by atoms with E-state index in [-0.39, 0.29) is 6.04 Å². The van der Waals surface area contributed by atoms with Crippen LogP contribution in [0.4, 0.5) is 0 Å². The maximum Gasteiger partial charge on any atom is 0.142 e. The summed E-state index contributed by atoms with van der Waals surface area (Å²) >= 11 is 1.63. The average molecular weight is 327 g/mol. The molecule has 0 amide bonds. The zero-order valence-corrected chi connectivity index (χ0v) is 14.4. The highest BCUT2D eigenvalue weighted by Gasteiger charge is 2.15. The van der Waals surface area contributed by atoms with Crippen LogP contribution in [0.3, 0.4) is 0 Å². The Hall–Kier alpha value is -2.05. The summed E-state index contributed by atoms with van der Waals surface area (Å²) < 4.78 is 2.01. The molecule has 0 aliphatic carbocycles. The van der Waals surface area contributed by atoms with Crippen LogP contribution in [0, 0.1) is 6.92 Å². The van der Waals surface area contributed by atoms with Gasteiger partial charge in [-0.25, -0.2) is 4.98 Å². The van der Waals surface area contributed by atoms with E-state index in [1.807, 2.05) is 29.1 Å². The van der Waals surface area contributed by atoms with Crippen molar-refractivity contribution in [2.75, 3.05) is 0 Å². The number of hydrogen-bond acceptors (Lipinski definition) is 5. The Balaban J connectivity index is 1.59. The molecule has 3 heterocycles. The molecule has 0 aliphatic heterocycles. The lowest BCUT2D eigenvalue weighted by Crippen LogP contribution is -2.33. The van der Waals surface area contributed by atoms with Crippen LogP contribution < -0.4 is 5.32 Å². The van der Waals surface area contributed by atoms with Crippen molar-refractivity contribution in [2.45, 2.75) is 39.4 Å². The largest absolute Gasteiger partial charge is 0.306 e. The minimum absolute atomic E-state index is 0.289. The fourth-order valence-corrected chi connectivity index (χ4v) is 3.11. The van der Waals surface area contributed by atoms with Crippen LogP contribution in [0.25, 0.3) is 10.7 Å². The van der Waals surface area contributed by atoms with Gasteiger partial charge in [-0.1, -0.05) is 6.07 Å². The maximum absolute atomic E-state index is 4.66. The number of hydrogen-bond donors (Lipinski definition) is 1. The summed E-state index contributed by atoms with van der Waals surface area (Å²) in [5.74, 6) is 0. The molecule has 23 heavy (non-hydrogen) atoms. The molecule has 3 rings (SSSR count). The molecular weight excluding hydrogens is 306 g/mol. The van der Waals surface area contributed by atoms with Gasteiger partial charge in [0.25, 0.3) is 0 Å². The Labute approximate surface area is 140 Å². The predicted octanol–water partition coefficient (Wildman–Crippen LogP) is 3.45. The van der Waals surface area contributed by atoms with E-state index < -0.39 is 0 Å². The van der Waals surface area contributed by atoms with Gasteiger partial charge in [0, 0.05) is 30.4 Å². The number of rotatable bonds is 6. The van der Waals surface area contributed by atoms with Crippen molar-refractivity contribution in [3.63, 3.8) is 0 Å². The molecule has 3 aromatic rings. The summed E-state index contributed by atoms with van der Waals surface area (Å²) in [5, 5.41) is 11.0. The zero-order valence-electron chi connectivity index (χ0n) is 13.6. The molecule has 120 valence electrons. The Morgan fingerprint density at radius 1 is 1.30 bits per heavy atom. The van der Waals surface area contributed by atoms with E-state index in [1.54, 1.807) is 17.5 Å². The molecule has 0 spiro atoms. The van der Waals surface area contributed by atoms with E-state index in [0.29, 0.717) is 6.04 Å². The Morgan fingerprint density at radius 3 is 2.87 bits per heavy atom. The molecule has 0 unspecified atom stereocenters. The van der Waals surface area contributed by atoms with Gasteiger partial charge in [0.15, 0.2) is 0 Å². The van der Waals surface area contributed by atoms with Crippen molar-refractivity contribution in [3.05, 3.63) is 53.4 Å². The van der Waals surface area contributed by atoms with E-state index in [4.69, 9.17) is 0 Å². The number of nitrogens with one attached hydrogen (secondary N) is 1. The predicted molar refractivity (Wildman–Crippen MR) is 93.3 cm³/mol. The molecule has 0 saturated heterocycles. The fourth-order valence-electron chi connectivity index (χ4n) is 2.32. The third kappa shape index (κ3) is 3.83. The first-order valence-corrected chi connectivity index (χ1v) is 8.61. The molecule has 0 aromatic carbocycles. The summed E-state index contributed by atoms with van der Waals surface area (Å²) in [6.07, 6.45) is 5.76. The van der Waals surface area contributed by atoms with Gasteiger partial charge in [-0.05, 0) is 38.5 Å². The van der Waals surface area contributed by atoms with Gasteiger partial charge in [-0.3, -0.25) is 9.67 Å². The second-order valence-electron chi connectivity index (χ2n) is 5.77. The van der Waals surface area contributed by atoms with Crippen LogP contribution in [0.1, 0.15) is 31.1 Å². The summed E-state index contributed by atoms with van der Waals surface area (Å²) in [7, 11) is 0. The normalized spacial score (nSPS) is 13.9. The molecular formula is C17H21N5S. The third-order valence-electron chi connectivity index (χ3n) is 3.91. The molecule has 5 nitrogen and oxygen atoms in total. The monoisotopic (exact) mass is 327 g/mol. The Morgan fingerprint density at radius 2 is 2.17 bits per heavy atom. The van der Waals surface area contributed by atoms with E-state index in [1.165, 1.54) is 5.56 Å². The van der Waals surface area contributed by atoms with Crippen molar-refractivity contribution >= 4 is 11.3 Å². The molecule has 0 bridgehead atoms. The van der Waals surface area contributed by atoms with Gasteiger partial charge in [0.2, 0.25) is 0 Å². The highest BCUT2D eigenvalue weighted by molar-refractivity contribution is 7.13. The number of pyridine rings is 1. The summed E-state index contributed by atoms with van der Waals surface area (Å²) in [4.78, 5) is 9.00. The van der Waals surface area contributed by atoms with Crippen molar-refractivity contribution in [1.29, 1.82) is 0 Å². The number of thiazole rings is 1. The molecule has 3 aromatic heterocycles. The first-order chi connectivity index (χ1) is 11.1. The highest BCUT2D eigenvalue weighted by atomic mass is 32.1. The lowest BCUT2D eigenvalue weighted by Gasteiger charge is -2.21. The van der Waals surface area contributed by atoms with Crippen LogP contribution in [-0.2, 0) is 6.54 Å². The molecule has 2 atom stereocenters. The van der Waals surface area contributed by atoms with Crippen LogP contribution in [0.2, 0.25) is 0 Å². The van der Waals surface area contributed by atoms with Gasteiger partial charge in [-0.15, -0.1) is 11.3 Å². The van der Waals surface area contributed by atoms with E-state index >= 15 is 0 Å². The standard InChI is InChI=1S/C17H21N5S/c1-12-8-20-22(10-12)14(3)13(2)19-9-15-11-23-17(21-15)16-6-4-5-7-18-16/h4-8,10-11,13-14,19H,9H2,1-3H3/t13-,14-/m0/s1. The molecule has 6 heteroatoms. The Kier molecular flexibility index (Phi) is 4.83. The number of nitrogens with zero attached hydrogens (tertiary/aromatic N) is 4. The topological polar surface area (TPSA) is 55.6 Å². The second-order valence-corrected chi connectivity index (χ2v) is 6.62. The van der Waals surface area contributed by atoms with Crippen LogP contribution in [0.5, 0.6) is 0 Å². The summed E-state index contributed by atoms with van der Waals surface area (Å²) in [6.45, 7) is 7.15. The number of aryl methyl sites for hydroxylation is 1. The quantitative estimate of drug-likeness (QED) is 0.753. The molecule has 0 saturated carbocycles. The van der Waals surface area contributed by atoms with Crippen LogP contribution >= 0.6 is 11.3 Å². The van der Waals surface area contributed by atoms with Crippen molar-refractivity contribution < 1.29 is 0 Å². The highest BCUT2D eigenvalue weighted by Crippen LogP contribution is 2.21. The van der Waals surface area contributed by atoms with E-state index in [0.717, 1.165) is 22.9 Å². The van der Waals surface area contributed by atoms with Crippen molar-refractivity contribution in [1.82, 2.24) is 25.1 Å². The molecule has 0 aliphatic rings. The third-order valence-corrected chi connectivity index (χ3v) is 4.83. The van der Waals surface area contributed by atoms with Gasteiger partial charge in [0.05, 0.1) is 23.6 Å². The van der Waals surface area contributed by atoms with E-state index in [9.17, 15) is 0 Å². The van der Waals surface area contributed by atoms with Gasteiger partial charge < -0.3 is 5.32 Å². The van der Waals surface area contributed by atoms with Crippen molar-refractivity contribution in [2.24, 2.45) is 0 Å². The van der Waals surface area contributed by atoms with Crippen LogP contribution in [-0.4, -0.2) is 25.8 Å². The lowest BCUT2D eigenvalue weighted by molar-refractivity contribution is 0.364. The SMILES string of the molecule is Cc1cnn([C@@H](C)[C@H](C)NCc2csc(-c3ccccn3)n2)c1. The average Bonchev–Trinajstić information content (AvgIpc) is 3.22. The van der Waals surface area contributed by atoms with Gasteiger partial charge in [-0.2, -0.15) is 5.10 Å². The zero-order chi connectivity index (χ0) is 16.2. The smallest absolute Gasteiger partial charge is 0.142 e. The maximum atomic E-state index is 4.66. The summed E-state index contributed by atoms with van der Waals surface area (Å²) in [6, 6.07) is 6.48. The summed E-state index contributed by atoms with van der Waals surface area (Å²) in [5.41, 5.74) is 3.16. The minimum atomic E-state index is 0.289. The number of aromatic nitrogens is 4. The molecule has 0 radical (unpaired) electrons. The first-order valence-electron chi connectivity index (χ1n) is 7.73. The molecule has 1 N–H and O–H groups in total. The first kappa shape index (κ1) is 15.8. The van der Waals surface area contributed by atoms with Gasteiger partial charge >= 0.3 is 0 Å². The van der Waals surface area contributed by atoms with Gasteiger partial charge in [0.1, 0.15) is 5.01 Å². The van der Waals surface area contributed by atoms with Crippen molar-refractivity contribution in [3.8, 4) is 10.7 Å². The lowest BCUT2D eigenvalue weighted by atomic mass is 10.1. The van der Waals surface area contributed by atoms with Crippen LogP contribution in [0.15, 0.2) is 42.2 Å². The Bertz CT molecular complexity index is 749. The molecule has 0 fully saturated rings. The second kappa shape index (κ2) is 7.02.